The van der Waals surface area contributed by atoms with Gasteiger partial charge in [-0.1, -0.05) is 6.07 Å². The molecule has 2 aromatic carbocycles. The highest BCUT2D eigenvalue weighted by Gasteiger charge is 2.12. The molecule has 3 aromatic rings. The van der Waals surface area contributed by atoms with Crippen molar-refractivity contribution < 1.29 is 0 Å². The third kappa shape index (κ3) is 2.28. The van der Waals surface area contributed by atoms with Gasteiger partial charge in [0.1, 0.15) is 5.82 Å². The van der Waals surface area contributed by atoms with E-state index in [-0.39, 0.29) is 0 Å². The highest BCUT2D eigenvalue weighted by atomic mass is 127. The molecule has 20 heavy (non-hydrogen) atoms. The van der Waals surface area contributed by atoms with Gasteiger partial charge in [0.2, 0.25) is 0 Å². The van der Waals surface area contributed by atoms with E-state index >= 15 is 0 Å². The Morgan fingerprint density at radius 1 is 1.25 bits per heavy atom. The maximum absolute atomic E-state index is 9.03. The number of alkyl halides is 1. The predicted octanol–water partition coefficient (Wildman–Crippen LogP) is 4.24. The summed E-state index contributed by atoms with van der Waals surface area (Å²) in [4.78, 5) is 4.57. The van der Waals surface area contributed by atoms with Crippen molar-refractivity contribution in [2.45, 2.75) is 5.88 Å². The van der Waals surface area contributed by atoms with Crippen LogP contribution in [0.25, 0.3) is 16.7 Å². The molecule has 5 heteroatoms. The Morgan fingerprint density at radius 3 is 2.85 bits per heavy atom. The number of benzene rings is 2. The molecule has 1 aromatic heterocycles. The van der Waals surface area contributed by atoms with Crippen LogP contribution in [0, 0.1) is 14.9 Å². The molecule has 0 saturated carbocycles. The summed E-state index contributed by atoms with van der Waals surface area (Å²) in [5, 5.41) is 9.03. The first kappa shape index (κ1) is 13.4. The summed E-state index contributed by atoms with van der Waals surface area (Å²) in [6, 6.07) is 15.7. The molecule has 0 radical (unpaired) electrons. The molecule has 98 valence electrons. The van der Waals surface area contributed by atoms with Crippen LogP contribution < -0.4 is 0 Å². The van der Waals surface area contributed by atoms with Crippen LogP contribution in [-0.4, -0.2) is 9.55 Å². The molecule has 3 rings (SSSR count). The van der Waals surface area contributed by atoms with Crippen molar-refractivity contribution in [3.8, 4) is 11.8 Å². The fourth-order valence-corrected chi connectivity index (χ4v) is 2.85. The van der Waals surface area contributed by atoms with Crippen molar-refractivity contribution in [3.05, 3.63) is 57.4 Å². The van der Waals surface area contributed by atoms with Gasteiger partial charge in [-0.25, -0.2) is 4.98 Å². The van der Waals surface area contributed by atoms with Gasteiger partial charge in [-0.2, -0.15) is 5.26 Å². The number of nitriles is 1. The summed E-state index contributed by atoms with van der Waals surface area (Å²) in [5.74, 6) is 1.10. The molecule has 0 fully saturated rings. The van der Waals surface area contributed by atoms with Gasteiger partial charge in [0.05, 0.1) is 28.5 Å². The minimum absolute atomic E-state index is 0.321. The Hall–Kier alpha value is -1.58. The Labute approximate surface area is 134 Å². The van der Waals surface area contributed by atoms with Crippen LogP contribution in [0.5, 0.6) is 0 Å². The van der Waals surface area contributed by atoms with E-state index in [0.29, 0.717) is 11.4 Å². The number of hydrogen-bond donors (Lipinski definition) is 0. The van der Waals surface area contributed by atoms with Crippen molar-refractivity contribution in [1.82, 2.24) is 9.55 Å². The summed E-state index contributed by atoms with van der Waals surface area (Å²) in [6.07, 6.45) is 0. The lowest BCUT2D eigenvalue weighted by Crippen LogP contribution is -1.99. The summed E-state index contributed by atoms with van der Waals surface area (Å²) >= 11 is 8.28. The maximum atomic E-state index is 9.03. The van der Waals surface area contributed by atoms with E-state index in [4.69, 9.17) is 16.9 Å². The van der Waals surface area contributed by atoms with Crippen LogP contribution in [0.2, 0.25) is 0 Å². The van der Waals surface area contributed by atoms with Crippen LogP contribution in [0.15, 0.2) is 42.5 Å². The number of aromatic nitrogens is 2. The summed E-state index contributed by atoms with van der Waals surface area (Å²) in [5.41, 5.74) is 3.44. The second-order valence-electron chi connectivity index (χ2n) is 4.29. The monoisotopic (exact) mass is 393 g/mol. The second kappa shape index (κ2) is 5.43. The fraction of sp³-hybridized carbons (Fsp3) is 0.0667. The lowest BCUT2D eigenvalue weighted by molar-refractivity contribution is 0.981. The normalized spacial score (nSPS) is 10.7. The SMILES string of the molecule is N#Cc1cccc(-n2c(CCl)nc3cc(I)ccc32)c1. The van der Waals surface area contributed by atoms with E-state index in [1.165, 1.54) is 0 Å². The number of rotatable bonds is 2. The minimum atomic E-state index is 0.321. The first-order valence-electron chi connectivity index (χ1n) is 5.96. The number of nitrogens with zero attached hydrogens (tertiary/aromatic N) is 3. The maximum Gasteiger partial charge on any atom is 0.129 e. The molecule has 0 unspecified atom stereocenters. The van der Waals surface area contributed by atoms with Gasteiger partial charge < -0.3 is 0 Å². The van der Waals surface area contributed by atoms with Gasteiger partial charge in [-0.05, 0) is 59.0 Å². The summed E-state index contributed by atoms with van der Waals surface area (Å²) < 4.78 is 3.13. The number of imidazole rings is 1. The topological polar surface area (TPSA) is 41.6 Å². The number of hydrogen-bond acceptors (Lipinski definition) is 2. The van der Waals surface area contributed by atoms with E-state index in [0.717, 1.165) is 26.1 Å². The van der Waals surface area contributed by atoms with E-state index in [9.17, 15) is 0 Å². The van der Waals surface area contributed by atoms with Crippen molar-refractivity contribution in [3.63, 3.8) is 0 Å². The van der Waals surface area contributed by atoms with Gasteiger partial charge in [0.15, 0.2) is 0 Å². The average Bonchev–Trinajstić information content (AvgIpc) is 2.84. The molecular formula is C15H9ClIN3. The van der Waals surface area contributed by atoms with Crippen LogP contribution >= 0.6 is 34.2 Å². The summed E-state index contributed by atoms with van der Waals surface area (Å²) in [6.45, 7) is 0. The molecule has 0 saturated heterocycles. The molecule has 0 aliphatic rings. The minimum Gasteiger partial charge on any atom is -0.295 e. The Kier molecular flexibility index (Phi) is 3.64. The molecule has 1 heterocycles. The average molecular weight is 394 g/mol. The highest BCUT2D eigenvalue weighted by Crippen LogP contribution is 2.24. The lowest BCUT2D eigenvalue weighted by atomic mass is 10.2. The van der Waals surface area contributed by atoms with Crippen molar-refractivity contribution in [2.75, 3.05) is 0 Å². The second-order valence-corrected chi connectivity index (χ2v) is 5.81. The van der Waals surface area contributed by atoms with Crippen molar-refractivity contribution >= 4 is 45.2 Å². The zero-order valence-corrected chi connectivity index (χ0v) is 13.3. The molecule has 0 atom stereocenters. The van der Waals surface area contributed by atoms with E-state index in [1.807, 2.05) is 41.0 Å². The molecule has 0 bridgehead atoms. The standard InChI is InChI=1S/C15H9ClIN3/c16-8-15-19-13-7-11(17)4-5-14(13)20(15)12-3-1-2-10(6-12)9-18/h1-7H,8H2. The van der Waals surface area contributed by atoms with Crippen LogP contribution in [0.4, 0.5) is 0 Å². The van der Waals surface area contributed by atoms with Gasteiger partial charge in [-0.3, -0.25) is 4.57 Å². The molecule has 0 amide bonds. The van der Waals surface area contributed by atoms with Crippen molar-refractivity contribution in [1.29, 1.82) is 5.26 Å². The first-order valence-corrected chi connectivity index (χ1v) is 7.57. The van der Waals surface area contributed by atoms with E-state index in [2.05, 4.69) is 33.6 Å². The Balaban J connectivity index is 2.31. The Bertz CT molecular complexity index is 833. The zero-order chi connectivity index (χ0) is 14.1. The van der Waals surface area contributed by atoms with Crippen molar-refractivity contribution in [2.24, 2.45) is 0 Å². The largest absolute Gasteiger partial charge is 0.295 e. The highest BCUT2D eigenvalue weighted by molar-refractivity contribution is 14.1. The third-order valence-electron chi connectivity index (χ3n) is 3.04. The van der Waals surface area contributed by atoms with Crippen LogP contribution in [-0.2, 0) is 5.88 Å². The van der Waals surface area contributed by atoms with Crippen LogP contribution in [0.3, 0.4) is 0 Å². The molecule has 0 aliphatic heterocycles. The molecule has 3 nitrogen and oxygen atoms in total. The van der Waals surface area contributed by atoms with Gasteiger partial charge in [0.25, 0.3) is 0 Å². The number of fused-ring (bicyclic) bond motifs is 1. The predicted molar refractivity (Wildman–Crippen MR) is 88.1 cm³/mol. The van der Waals surface area contributed by atoms with Gasteiger partial charge >= 0.3 is 0 Å². The molecule has 0 N–H and O–H groups in total. The zero-order valence-electron chi connectivity index (χ0n) is 10.3. The number of halogens is 2. The quantitative estimate of drug-likeness (QED) is 0.483. The van der Waals surface area contributed by atoms with Gasteiger partial charge in [-0.15, -0.1) is 11.6 Å². The smallest absolute Gasteiger partial charge is 0.129 e. The lowest BCUT2D eigenvalue weighted by Gasteiger charge is -2.08. The molecular weight excluding hydrogens is 385 g/mol. The van der Waals surface area contributed by atoms with E-state index in [1.54, 1.807) is 6.07 Å². The van der Waals surface area contributed by atoms with Gasteiger partial charge in [0, 0.05) is 9.26 Å². The van der Waals surface area contributed by atoms with E-state index < -0.39 is 0 Å². The molecule has 0 spiro atoms. The Morgan fingerprint density at radius 2 is 2.10 bits per heavy atom. The van der Waals surface area contributed by atoms with Crippen LogP contribution in [0.1, 0.15) is 11.4 Å². The first-order chi connectivity index (χ1) is 9.72. The fourth-order valence-electron chi connectivity index (χ4n) is 2.20. The third-order valence-corrected chi connectivity index (χ3v) is 3.95. The summed E-state index contributed by atoms with van der Waals surface area (Å²) in [7, 11) is 0. The molecule has 0 aliphatic carbocycles.